The molecule has 1 heterocycles. The Kier molecular flexibility index (Phi) is 6.91. The maximum absolute atomic E-state index is 12.5. The normalized spacial score (nSPS) is 11.5. The van der Waals surface area contributed by atoms with E-state index in [0.717, 1.165) is 0 Å². The SMILES string of the molecule is CC[S@@](=O)c1ccccc1C(=O)OCc1nc(N)nc(Nc2ccccc2OC)n1. The van der Waals surface area contributed by atoms with Gasteiger partial charge in [0.1, 0.15) is 5.75 Å². The quantitative estimate of drug-likeness (QED) is 0.521. The van der Waals surface area contributed by atoms with Crippen LogP contribution < -0.4 is 15.8 Å². The molecule has 0 saturated heterocycles. The molecule has 0 unspecified atom stereocenters. The lowest BCUT2D eigenvalue weighted by Crippen LogP contribution is -2.13. The number of hydrogen-bond donors (Lipinski definition) is 2. The van der Waals surface area contributed by atoms with Crippen molar-refractivity contribution in [2.45, 2.75) is 18.4 Å². The molecule has 2 aromatic carbocycles. The van der Waals surface area contributed by atoms with Gasteiger partial charge in [-0.2, -0.15) is 15.0 Å². The lowest BCUT2D eigenvalue weighted by Gasteiger charge is -2.11. The van der Waals surface area contributed by atoms with Gasteiger partial charge in [-0.15, -0.1) is 0 Å². The number of carbonyl (C=O) groups is 1. The lowest BCUT2D eigenvalue weighted by molar-refractivity contribution is 0.0458. The van der Waals surface area contributed by atoms with E-state index in [-0.39, 0.29) is 29.9 Å². The number of carbonyl (C=O) groups excluding carboxylic acids is 1. The number of nitrogens with two attached hydrogens (primary N) is 1. The Bertz CT molecular complexity index is 1080. The smallest absolute Gasteiger partial charge is 0.339 e. The molecule has 3 aromatic rings. The van der Waals surface area contributed by atoms with E-state index in [4.69, 9.17) is 15.2 Å². The molecule has 9 nitrogen and oxygen atoms in total. The minimum Gasteiger partial charge on any atom is -0.495 e. The monoisotopic (exact) mass is 427 g/mol. The van der Waals surface area contributed by atoms with E-state index < -0.39 is 16.8 Å². The van der Waals surface area contributed by atoms with Crippen LogP contribution in [0.15, 0.2) is 53.4 Å². The molecule has 0 aliphatic rings. The van der Waals surface area contributed by atoms with Crippen LogP contribution in [-0.4, -0.2) is 38.0 Å². The van der Waals surface area contributed by atoms with Gasteiger partial charge in [0.2, 0.25) is 11.9 Å². The van der Waals surface area contributed by atoms with E-state index in [9.17, 15) is 9.00 Å². The van der Waals surface area contributed by atoms with E-state index in [1.807, 2.05) is 12.1 Å². The number of para-hydroxylation sites is 2. The van der Waals surface area contributed by atoms with Crippen LogP contribution in [-0.2, 0) is 22.1 Å². The molecule has 0 aliphatic carbocycles. The molecular weight excluding hydrogens is 406 g/mol. The summed E-state index contributed by atoms with van der Waals surface area (Å²) in [7, 11) is 0.264. The van der Waals surface area contributed by atoms with E-state index in [2.05, 4.69) is 20.3 Å². The number of aromatic nitrogens is 3. The third-order valence-electron chi connectivity index (χ3n) is 4.00. The second-order valence-corrected chi connectivity index (χ2v) is 7.67. The average molecular weight is 427 g/mol. The summed E-state index contributed by atoms with van der Waals surface area (Å²) in [5, 5.41) is 3.01. The van der Waals surface area contributed by atoms with Crippen LogP contribution in [0.3, 0.4) is 0 Å². The largest absolute Gasteiger partial charge is 0.495 e. The zero-order valence-corrected chi connectivity index (χ0v) is 17.3. The van der Waals surface area contributed by atoms with Crippen molar-refractivity contribution in [3.63, 3.8) is 0 Å². The van der Waals surface area contributed by atoms with Gasteiger partial charge >= 0.3 is 5.97 Å². The number of anilines is 3. The summed E-state index contributed by atoms with van der Waals surface area (Å²) in [6.45, 7) is 1.56. The topological polar surface area (TPSA) is 129 Å². The molecular formula is C20H21N5O4S. The fourth-order valence-corrected chi connectivity index (χ4v) is 3.56. The van der Waals surface area contributed by atoms with Crippen molar-refractivity contribution in [3.05, 3.63) is 59.9 Å². The van der Waals surface area contributed by atoms with Gasteiger partial charge in [-0.3, -0.25) is 4.21 Å². The van der Waals surface area contributed by atoms with Crippen molar-refractivity contribution in [2.24, 2.45) is 0 Å². The van der Waals surface area contributed by atoms with Crippen LogP contribution in [0.5, 0.6) is 5.75 Å². The number of rotatable bonds is 8. The maximum Gasteiger partial charge on any atom is 0.339 e. The predicted molar refractivity (Wildman–Crippen MR) is 113 cm³/mol. The van der Waals surface area contributed by atoms with E-state index in [1.165, 1.54) is 0 Å². The Morgan fingerprint density at radius 3 is 2.60 bits per heavy atom. The van der Waals surface area contributed by atoms with Crippen LogP contribution in [0.25, 0.3) is 0 Å². The number of nitrogen functional groups attached to an aromatic ring is 1. The van der Waals surface area contributed by atoms with E-state index in [0.29, 0.717) is 22.1 Å². The molecule has 0 saturated carbocycles. The molecule has 1 aromatic heterocycles. The van der Waals surface area contributed by atoms with Gasteiger partial charge in [-0.05, 0) is 24.3 Å². The number of esters is 1. The zero-order chi connectivity index (χ0) is 21.5. The molecule has 0 bridgehead atoms. The highest BCUT2D eigenvalue weighted by Crippen LogP contribution is 2.25. The number of nitrogens with zero attached hydrogens (tertiary/aromatic N) is 3. The first-order valence-corrected chi connectivity index (χ1v) is 10.4. The molecule has 0 radical (unpaired) electrons. The van der Waals surface area contributed by atoms with Crippen LogP contribution >= 0.6 is 0 Å². The first kappa shape index (κ1) is 21.2. The number of nitrogens with one attached hydrogen (secondary N) is 1. The number of benzene rings is 2. The number of methoxy groups -OCH3 is 1. The van der Waals surface area contributed by atoms with Crippen molar-refractivity contribution in [2.75, 3.05) is 23.9 Å². The van der Waals surface area contributed by atoms with Gasteiger partial charge in [-0.25, -0.2) is 4.79 Å². The molecule has 3 N–H and O–H groups in total. The first-order valence-electron chi connectivity index (χ1n) is 9.06. The summed E-state index contributed by atoms with van der Waals surface area (Å²) in [6, 6.07) is 13.9. The van der Waals surface area contributed by atoms with Crippen molar-refractivity contribution in [1.82, 2.24) is 15.0 Å². The Balaban J connectivity index is 1.75. The number of hydrogen-bond acceptors (Lipinski definition) is 9. The number of ether oxygens (including phenoxy) is 2. The van der Waals surface area contributed by atoms with Crippen LogP contribution in [0.2, 0.25) is 0 Å². The Morgan fingerprint density at radius 1 is 1.10 bits per heavy atom. The summed E-state index contributed by atoms with van der Waals surface area (Å²) in [5.74, 6) is 0.705. The van der Waals surface area contributed by atoms with Gasteiger partial charge in [0.25, 0.3) is 0 Å². The third-order valence-corrected chi connectivity index (χ3v) is 5.37. The minimum absolute atomic E-state index is 0.0269. The summed E-state index contributed by atoms with van der Waals surface area (Å²) in [5.41, 5.74) is 6.65. The third kappa shape index (κ3) is 5.09. The van der Waals surface area contributed by atoms with Gasteiger partial charge in [0, 0.05) is 5.75 Å². The lowest BCUT2D eigenvalue weighted by atomic mass is 10.2. The standard InChI is InChI=1S/C20H21N5O4S/c1-3-30(27)16-11-7-4-8-13(16)18(26)29-12-17-23-19(21)25-20(24-17)22-14-9-5-6-10-15(14)28-2/h4-11H,3,12H2,1-2H3,(H3,21,22,23,24,25)/t30-/m1/s1. The fraction of sp³-hybridized carbons (Fsp3) is 0.200. The summed E-state index contributed by atoms with van der Waals surface area (Å²) in [4.78, 5) is 25.2. The molecule has 156 valence electrons. The summed E-state index contributed by atoms with van der Waals surface area (Å²) in [6.07, 6.45) is 0. The molecule has 1 atom stereocenters. The van der Waals surface area contributed by atoms with Crippen molar-refractivity contribution < 1.29 is 18.5 Å². The van der Waals surface area contributed by atoms with Gasteiger partial charge in [0.05, 0.1) is 34.1 Å². The molecule has 0 fully saturated rings. The predicted octanol–water partition coefficient (Wildman–Crippen LogP) is 2.69. The van der Waals surface area contributed by atoms with E-state index in [1.54, 1.807) is 50.4 Å². The first-order chi connectivity index (χ1) is 14.5. The zero-order valence-electron chi connectivity index (χ0n) is 16.5. The maximum atomic E-state index is 12.5. The molecule has 3 rings (SSSR count). The second kappa shape index (κ2) is 9.79. The van der Waals surface area contributed by atoms with E-state index >= 15 is 0 Å². The Morgan fingerprint density at radius 2 is 1.83 bits per heavy atom. The highest BCUT2D eigenvalue weighted by Gasteiger charge is 2.17. The Labute approximate surface area is 176 Å². The van der Waals surface area contributed by atoms with Crippen molar-refractivity contribution in [3.8, 4) is 5.75 Å². The van der Waals surface area contributed by atoms with Gasteiger partial charge in [0.15, 0.2) is 12.4 Å². The molecule has 0 aliphatic heterocycles. The van der Waals surface area contributed by atoms with Crippen molar-refractivity contribution >= 4 is 34.4 Å². The summed E-state index contributed by atoms with van der Waals surface area (Å²) < 4.78 is 22.8. The van der Waals surface area contributed by atoms with Crippen LogP contribution in [0, 0.1) is 0 Å². The van der Waals surface area contributed by atoms with Gasteiger partial charge < -0.3 is 20.5 Å². The highest BCUT2D eigenvalue weighted by atomic mass is 32.2. The molecule has 0 amide bonds. The minimum atomic E-state index is -1.29. The van der Waals surface area contributed by atoms with Crippen LogP contribution in [0.4, 0.5) is 17.6 Å². The molecule has 30 heavy (non-hydrogen) atoms. The summed E-state index contributed by atoms with van der Waals surface area (Å²) >= 11 is 0. The Hall–Kier alpha value is -3.53. The highest BCUT2D eigenvalue weighted by molar-refractivity contribution is 7.85. The average Bonchev–Trinajstić information content (AvgIpc) is 2.77. The van der Waals surface area contributed by atoms with Gasteiger partial charge in [-0.1, -0.05) is 31.2 Å². The second-order valence-electron chi connectivity index (χ2n) is 5.97. The molecule has 0 spiro atoms. The van der Waals surface area contributed by atoms with Crippen LogP contribution in [0.1, 0.15) is 23.1 Å². The van der Waals surface area contributed by atoms with Crippen molar-refractivity contribution in [1.29, 1.82) is 0 Å². The fourth-order valence-electron chi connectivity index (χ4n) is 2.62. The molecule has 10 heteroatoms.